The largest absolute Gasteiger partial charge is 0.328 e. The molecule has 86 valence electrons. The molecule has 0 aromatic carbocycles. The van der Waals surface area contributed by atoms with Gasteiger partial charge in [0, 0.05) is 12.7 Å². The molecule has 0 aliphatic carbocycles. The van der Waals surface area contributed by atoms with E-state index in [9.17, 15) is 9.59 Å². The Bertz CT molecular complexity index is 498. The summed E-state index contributed by atoms with van der Waals surface area (Å²) in [5, 5.41) is 8.65. The highest BCUT2D eigenvalue weighted by molar-refractivity contribution is 7.98. The maximum Gasteiger partial charge on any atom is 0.328 e. The molecule has 0 saturated heterocycles. The normalized spacial score (nSPS) is 10.0. The van der Waals surface area contributed by atoms with Gasteiger partial charge in [0.05, 0.1) is 0 Å². The van der Waals surface area contributed by atoms with Crippen LogP contribution < -0.4 is 11.2 Å². The molecule has 5 nitrogen and oxygen atoms in total. The van der Waals surface area contributed by atoms with E-state index in [1.807, 2.05) is 6.26 Å². The van der Waals surface area contributed by atoms with Crippen molar-refractivity contribution in [1.82, 2.24) is 9.55 Å². The van der Waals surface area contributed by atoms with Crippen molar-refractivity contribution >= 4 is 11.8 Å². The number of nitrogens with zero attached hydrogens (tertiary/aromatic N) is 2. The maximum absolute atomic E-state index is 11.4. The summed E-state index contributed by atoms with van der Waals surface area (Å²) < 4.78 is 1.38. The molecule has 0 atom stereocenters. The first kappa shape index (κ1) is 12.6. The Morgan fingerprint density at radius 2 is 2.25 bits per heavy atom. The lowest BCUT2D eigenvalue weighted by Crippen LogP contribution is -2.31. The minimum atomic E-state index is -0.618. The summed E-state index contributed by atoms with van der Waals surface area (Å²) in [5.41, 5.74) is -1.09. The summed E-state index contributed by atoms with van der Waals surface area (Å²) in [7, 11) is 0. The van der Waals surface area contributed by atoms with Crippen LogP contribution in [0.2, 0.25) is 0 Å². The molecule has 0 spiro atoms. The topological polar surface area (TPSA) is 78.7 Å². The van der Waals surface area contributed by atoms with Crippen molar-refractivity contribution in [3.63, 3.8) is 0 Å². The molecule has 1 aromatic rings. The average Bonchev–Trinajstić information content (AvgIpc) is 2.27. The number of hydrogen-bond donors (Lipinski definition) is 1. The van der Waals surface area contributed by atoms with Gasteiger partial charge in [-0.25, -0.2) is 4.79 Å². The van der Waals surface area contributed by atoms with Crippen LogP contribution in [0.3, 0.4) is 0 Å². The monoisotopic (exact) mass is 239 g/mol. The fourth-order valence-corrected chi connectivity index (χ4v) is 1.78. The third kappa shape index (κ3) is 3.28. The maximum atomic E-state index is 11.4. The zero-order chi connectivity index (χ0) is 12.0. The van der Waals surface area contributed by atoms with Crippen LogP contribution in [0, 0.1) is 11.3 Å². The van der Waals surface area contributed by atoms with Crippen LogP contribution in [-0.4, -0.2) is 21.6 Å². The van der Waals surface area contributed by atoms with Crippen LogP contribution in [-0.2, 0) is 6.54 Å². The number of hydrogen-bond acceptors (Lipinski definition) is 4. The number of aryl methyl sites for hydroxylation is 1. The van der Waals surface area contributed by atoms with Crippen LogP contribution in [0.4, 0.5) is 0 Å². The first-order chi connectivity index (χ1) is 7.69. The van der Waals surface area contributed by atoms with E-state index in [0.717, 1.165) is 18.6 Å². The zero-order valence-electron chi connectivity index (χ0n) is 9.02. The molecule has 0 radical (unpaired) electrons. The highest BCUT2D eigenvalue weighted by Gasteiger charge is 2.03. The predicted octanol–water partition coefficient (Wildman–Crippen LogP) is 0.551. The van der Waals surface area contributed by atoms with Crippen molar-refractivity contribution in [3.05, 3.63) is 32.6 Å². The molecular formula is C10H13N3O2S. The molecule has 0 fully saturated rings. The second kappa shape index (κ2) is 6.18. The van der Waals surface area contributed by atoms with Gasteiger partial charge in [0.2, 0.25) is 0 Å². The summed E-state index contributed by atoms with van der Waals surface area (Å²) in [6, 6.07) is 1.76. The van der Waals surface area contributed by atoms with Crippen LogP contribution in [0.5, 0.6) is 0 Å². The predicted molar refractivity (Wildman–Crippen MR) is 63.7 cm³/mol. The van der Waals surface area contributed by atoms with E-state index in [1.54, 1.807) is 17.8 Å². The third-order valence-corrected chi connectivity index (χ3v) is 2.83. The van der Waals surface area contributed by atoms with E-state index in [-0.39, 0.29) is 5.56 Å². The molecule has 0 amide bonds. The Balaban J connectivity index is 2.77. The molecular weight excluding hydrogens is 226 g/mol. The van der Waals surface area contributed by atoms with Gasteiger partial charge in [-0.15, -0.1) is 0 Å². The van der Waals surface area contributed by atoms with E-state index in [2.05, 4.69) is 4.98 Å². The van der Waals surface area contributed by atoms with Crippen molar-refractivity contribution in [3.8, 4) is 6.07 Å². The molecule has 0 unspecified atom stereocenters. The Hall–Kier alpha value is -1.48. The Morgan fingerprint density at radius 3 is 2.88 bits per heavy atom. The molecule has 1 N–H and O–H groups in total. The van der Waals surface area contributed by atoms with Crippen LogP contribution >= 0.6 is 11.8 Å². The van der Waals surface area contributed by atoms with Gasteiger partial charge in [-0.3, -0.25) is 14.3 Å². The minimum Gasteiger partial charge on any atom is -0.299 e. The molecule has 6 heteroatoms. The lowest BCUT2D eigenvalue weighted by atomic mass is 10.3. The Labute approximate surface area is 97.1 Å². The lowest BCUT2D eigenvalue weighted by molar-refractivity contribution is 0.598. The summed E-state index contributed by atoms with van der Waals surface area (Å²) in [6.07, 6.45) is 5.21. The fourth-order valence-electron chi connectivity index (χ4n) is 1.28. The van der Waals surface area contributed by atoms with E-state index in [1.165, 1.54) is 10.8 Å². The van der Waals surface area contributed by atoms with Crippen LogP contribution in [0.25, 0.3) is 0 Å². The Kier molecular flexibility index (Phi) is 4.86. The van der Waals surface area contributed by atoms with Crippen molar-refractivity contribution in [1.29, 1.82) is 5.26 Å². The highest BCUT2D eigenvalue weighted by atomic mass is 32.2. The van der Waals surface area contributed by atoms with Gasteiger partial charge in [-0.2, -0.15) is 17.0 Å². The number of unbranched alkanes of at least 4 members (excludes halogenated alkanes) is 1. The molecule has 0 bridgehead atoms. The summed E-state index contributed by atoms with van der Waals surface area (Å²) in [5.74, 6) is 1.04. The average molecular weight is 239 g/mol. The van der Waals surface area contributed by atoms with E-state index >= 15 is 0 Å². The van der Waals surface area contributed by atoms with Crippen LogP contribution in [0.1, 0.15) is 18.4 Å². The molecule has 1 heterocycles. The Morgan fingerprint density at radius 1 is 1.50 bits per heavy atom. The standard InChI is InChI=1S/C10H13N3O2S/c1-16-5-3-2-4-13-7-8(6-11)9(14)12-10(13)15/h7H,2-5H2,1H3,(H,12,14,15). The molecule has 1 rings (SSSR count). The number of aromatic nitrogens is 2. The quantitative estimate of drug-likeness (QED) is 0.761. The minimum absolute atomic E-state index is 0.0236. The molecule has 0 aliphatic rings. The number of nitriles is 1. The summed E-state index contributed by atoms with van der Waals surface area (Å²) in [6.45, 7) is 0.533. The second-order valence-electron chi connectivity index (χ2n) is 3.31. The van der Waals surface area contributed by atoms with Crippen LogP contribution in [0.15, 0.2) is 15.8 Å². The first-order valence-corrected chi connectivity index (χ1v) is 6.31. The van der Waals surface area contributed by atoms with Crippen molar-refractivity contribution in [2.75, 3.05) is 12.0 Å². The van der Waals surface area contributed by atoms with Crippen molar-refractivity contribution in [2.24, 2.45) is 0 Å². The lowest BCUT2D eigenvalue weighted by Gasteiger charge is -2.04. The van der Waals surface area contributed by atoms with Gasteiger partial charge >= 0.3 is 5.69 Å². The fraction of sp³-hybridized carbons (Fsp3) is 0.500. The van der Waals surface area contributed by atoms with E-state index in [4.69, 9.17) is 5.26 Å². The molecule has 0 aliphatic heterocycles. The smallest absolute Gasteiger partial charge is 0.299 e. The number of H-pyrrole nitrogens is 1. The number of aromatic amines is 1. The SMILES string of the molecule is CSCCCCn1cc(C#N)c(=O)[nH]c1=O. The molecule has 0 saturated carbocycles. The van der Waals surface area contributed by atoms with Gasteiger partial charge < -0.3 is 0 Å². The van der Waals surface area contributed by atoms with E-state index < -0.39 is 11.2 Å². The van der Waals surface area contributed by atoms with Gasteiger partial charge in [0.15, 0.2) is 0 Å². The summed E-state index contributed by atoms with van der Waals surface area (Å²) >= 11 is 1.75. The number of rotatable bonds is 5. The second-order valence-corrected chi connectivity index (χ2v) is 4.29. The van der Waals surface area contributed by atoms with Gasteiger partial charge in [-0.1, -0.05) is 0 Å². The van der Waals surface area contributed by atoms with Crippen molar-refractivity contribution in [2.45, 2.75) is 19.4 Å². The first-order valence-electron chi connectivity index (χ1n) is 4.92. The van der Waals surface area contributed by atoms with Gasteiger partial charge in [0.1, 0.15) is 11.6 Å². The van der Waals surface area contributed by atoms with Gasteiger partial charge in [0.25, 0.3) is 5.56 Å². The number of nitrogens with one attached hydrogen (secondary N) is 1. The van der Waals surface area contributed by atoms with Crippen molar-refractivity contribution < 1.29 is 0 Å². The molecule has 16 heavy (non-hydrogen) atoms. The summed E-state index contributed by atoms with van der Waals surface area (Å²) in [4.78, 5) is 24.6. The van der Waals surface area contributed by atoms with E-state index in [0.29, 0.717) is 6.54 Å². The zero-order valence-corrected chi connectivity index (χ0v) is 9.84. The molecule has 1 aromatic heterocycles. The number of thioether (sulfide) groups is 1. The highest BCUT2D eigenvalue weighted by Crippen LogP contribution is 2.00. The third-order valence-electron chi connectivity index (χ3n) is 2.13. The van der Waals surface area contributed by atoms with Gasteiger partial charge in [-0.05, 0) is 24.9 Å².